The van der Waals surface area contributed by atoms with Crippen LogP contribution in [0.15, 0.2) is 28.9 Å². The van der Waals surface area contributed by atoms with E-state index in [1.54, 1.807) is 23.0 Å². The number of aryl methyl sites for hydroxylation is 1. The lowest BCUT2D eigenvalue weighted by Gasteiger charge is -2.12. The number of benzene rings is 1. The molecule has 2 rings (SSSR count). The Morgan fingerprint density at radius 3 is 2.76 bits per heavy atom. The highest BCUT2D eigenvalue weighted by Crippen LogP contribution is 2.25. The van der Waals surface area contributed by atoms with E-state index in [2.05, 4.69) is 21.0 Å². The number of hydrogen-bond donors (Lipinski definition) is 0. The molecule has 2 aromatic rings. The van der Waals surface area contributed by atoms with Crippen LogP contribution in [0.5, 0.6) is 0 Å². The SMILES string of the molecule is Cc1ccc(C(=O)c2c(Br)cnn2CCN(C)C)c(Cl)c1. The van der Waals surface area contributed by atoms with E-state index in [9.17, 15) is 4.79 Å². The van der Waals surface area contributed by atoms with Crippen LogP contribution in [0.2, 0.25) is 5.02 Å². The zero-order valence-corrected chi connectivity index (χ0v) is 14.6. The fourth-order valence-electron chi connectivity index (χ4n) is 1.98. The third-order valence-electron chi connectivity index (χ3n) is 3.14. The number of rotatable bonds is 5. The number of aromatic nitrogens is 2. The number of hydrogen-bond acceptors (Lipinski definition) is 3. The molecule has 0 spiro atoms. The fraction of sp³-hybridized carbons (Fsp3) is 0.333. The number of nitrogens with zero attached hydrogens (tertiary/aromatic N) is 3. The lowest BCUT2D eigenvalue weighted by atomic mass is 10.1. The maximum Gasteiger partial charge on any atom is 0.213 e. The monoisotopic (exact) mass is 369 g/mol. The molecule has 0 unspecified atom stereocenters. The predicted molar refractivity (Wildman–Crippen MR) is 88.1 cm³/mol. The van der Waals surface area contributed by atoms with Crippen molar-refractivity contribution in [3.8, 4) is 0 Å². The van der Waals surface area contributed by atoms with E-state index in [0.29, 0.717) is 27.3 Å². The first-order chi connectivity index (χ1) is 9.90. The molecule has 1 heterocycles. The van der Waals surface area contributed by atoms with Gasteiger partial charge in [-0.3, -0.25) is 9.48 Å². The first-order valence-electron chi connectivity index (χ1n) is 6.57. The zero-order chi connectivity index (χ0) is 15.6. The van der Waals surface area contributed by atoms with E-state index < -0.39 is 0 Å². The zero-order valence-electron chi connectivity index (χ0n) is 12.2. The Kier molecular flexibility index (Phi) is 5.19. The number of likely N-dealkylation sites (N-methyl/N-ethyl adjacent to an activating group) is 1. The van der Waals surface area contributed by atoms with Crippen molar-refractivity contribution in [2.45, 2.75) is 13.5 Å². The summed E-state index contributed by atoms with van der Waals surface area (Å²) >= 11 is 9.60. The van der Waals surface area contributed by atoms with Crippen molar-refractivity contribution in [1.82, 2.24) is 14.7 Å². The highest BCUT2D eigenvalue weighted by Gasteiger charge is 2.21. The normalized spacial score (nSPS) is 11.1. The molecule has 1 aromatic carbocycles. The average Bonchev–Trinajstić information content (AvgIpc) is 2.77. The molecule has 0 saturated carbocycles. The van der Waals surface area contributed by atoms with Crippen LogP contribution in [-0.4, -0.2) is 41.1 Å². The van der Waals surface area contributed by atoms with E-state index in [0.717, 1.165) is 12.1 Å². The van der Waals surface area contributed by atoms with Crippen LogP contribution in [0, 0.1) is 6.92 Å². The van der Waals surface area contributed by atoms with E-state index in [-0.39, 0.29) is 5.78 Å². The number of ketones is 1. The Morgan fingerprint density at radius 2 is 2.14 bits per heavy atom. The Hall–Kier alpha value is -1.17. The maximum atomic E-state index is 12.7. The van der Waals surface area contributed by atoms with Crippen LogP contribution in [0.1, 0.15) is 21.6 Å². The summed E-state index contributed by atoms with van der Waals surface area (Å²) in [4.78, 5) is 14.8. The Bertz CT molecular complexity index is 667. The minimum absolute atomic E-state index is 0.122. The summed E-state index contributed by atoms with van der Waals surface area (Å²) in [6, 6.07) is 5.44. The molecule has 0 fully saturated rings. The summed E-state index contributed by atoms with van der Waals surface area (Å²) in [5, 5.41) is 4.73. The summed E-state index contributed by atoms with van der Waals surface area (Å²) in [5.41, 5.74) is 2.05. The molecule has 0 saturated heterocycles. The van der Waals surface area contributed by atoms with Gasteiger partial charge in [-0.15, -0.1) is 0 Å². The van der Waals surface area contributed by atoms with Gasteiger partial charge >= 0.3 is 0 Å². The smallest absolute Gasteiger partial charge is 0.213 e. The molecular weight excluding hydrogens is 354 g/mol. The van der Waals surface area contributed by atoms with Gasteiger partial charge < -0.3 is 4.90 Å². The summed E-state index contributed by atoms with van der Waals surface area (Å²) in [5.74, 6) is -0.122. The van der Waals surface area contributed by atoms with E-state index in [1.807, 2.05) is 32.0 Å². The molecule has 112 valence electrons. The molecule has 1 aromatic heterocycles. The van der Waals surface area contributed by atoms with Crippen LogP contribution in [0.25, 0.3) is 0 Å². The second-order valence-corrected chi connectivity index (χ2v) is 6.44. The Labute approximate surface area is 137 Å². The van der Waals surface area contributed by atoms with Crippen molar-refractivity contribution >= 4 is 33.3 Å². The van der Waals surface area contributed by atoms with Gasteiger partial charge in [0.25, 0.3) is 0 Å². The molecule has 6 heteroatoms. The van der Waals surface area contributed by atoms with Gasteiger partial charge in [0.2, 0.25) is 5.78 Å². The summed E-state index contributed by atoms with van der Waals surface area (Å²) in [7, 11) is 3.97. The predicted octanol–water partition coefficient (Wildman–Crippen LogP) is 3.40. The Balaban J connectivity index is 2.36. The van der Waals surface area contributed by atoms with Crippen LogP contribution in [0.3, 0.4) is 0 Å². The van der Waals surface area contributed by atoms with Crippen molar-refractivity contribution in [3.63, 3.8) is 0 Å². The molecular formula is C15H17BrClN3O. The quantitative estimate of drug-likeness (QED) is 0.757. The van der Waals surface area contributed by atoms with Gasteiger partial charge in [-0.05, 0) is 54.6 Å². The van der Waals surface area contributed by atoms with E-state index in [1.165, 1.54) is 0 Å². The number of halogens is 2. The van der Waals surface area contributed by atoms with Crippen LogP contribution < -0.4 is 0 Å². The molecule has 0 aliphatic heterocycles. The van der Waals surface area contributed by atoms with Crippen LogP contribution >= 0.6 is 27.5 Å². The van der Waals surface area contributed by atoms with Gasteiger partial charge in [-0.25, -0.2) is 0 Å². The van der Waals surface area contributed by atoms with Crippen molar-refractivity contribution in [3.05, 3.63) is 50.7 Å². The highest BCUT2D eigenvalue weighted by molar-refractivity contribution is 9.10. The standard InChI is InChI=1S/C15H17BrClN3O/c1-10-4-5-11(13(17)8-10)15(21)14-12(16)9-18-20(14)7-6-19(2)3/h4-5,8-9H,6-7H2,1-3H3. The molecule has 0 bridgehead atoms. The van der Waals surface area contributed by atoms with Crippen molar-refractivity contribution in [2.75, 3.05) is 20.6 Å². The molecule has 0 radical (unpaired) electrons. The van der Waals surface area contributed by atoms with Gasteiger partial charge in [-0.2, -0.15) is 5.10 Å². The van der Waals surface area contributed by atoms with Gasteiger partial charge in [-0.1, -0.05) is 17.7 Å². The van der Waals surface area contributed by atoms with Gasteiger partial charge in [0, 0.05) is 12.1 Å². The summed E-state index contributed by atoms with van der Waals surface area (Å²) < 4.78 is 2.39. The molecule has 4 nitrogen and oxygen atoms in total. The molecule has 0 N–H and O–H groups in total. The first kappa shape index (κ1) is 16.2. The molecule has 21 heavy (non-hydrogen) atoms. The topological polar surface area (TPSA) is 38.1 Å². The van der Waals surface area contributed by atoms with Crippen molar-refractivity contribution in [2.24, 2.45) is 0 Å². The molecule has 0 atom stereocenters. The first-order valence-corrected chi connectivity index (χ1v) is 7.74. The number of carbonyl (C=O) groups excluding carboxylic acids is 1. The van der Waals surface area contributed by atoms with Gasteiger partial charge in [0.1, 0.15) is 5.69 Å². The largest absolute Gasteiger partial charge is 0.308 e. The Morgan fingerprint density at radius 1 is 1.43 bits per heavy atom. The third-order valence-corrected chi connectivity index (χ3v) is 4.03. The van der Waals surface area contributed by atoms with Gasteiger partial charge in [0.15, 0.2) is 0 Å². The van der Waals surface area contributed by atoms with Crippen molar-refractivity contribution < 1.29 is 4.79 Å². The third kappa shape index (κ3) is 3.73. The average molecular weight is 371 g/mol. The lowest BCUT2D eigenvalue weighted by molar-refractivity contribution is 0.102. The summed E-state index contributed by atoms with van der Waals surface area (Å²) in [6.45, 7) is 3.39. The van der Waals surface area contributed by atoms with Crippen molar-refractivity contribution in [1.29, 1.82) is 0 Å². The van der Waals surface area contributed by atoms with Crippen LogP contribution in [0.4, 0.5) is 0 Å². The molecule has 0 amide bonds. The number of carbonyl (C=O) groups is 1. The van der Waals surface area contributed by atoms with Gasteiger partial charge in [0.05, 0.1) is 22.2 Å². The minimum atomic E-state index is -0.122. The maximum absolute atomic E-state index is 12.7. The lowest BCUT2D eigenvalue weighted by Crippen LogP contribution is -2.22. The molecule has 0 aliphatic carbocycles. The highest BCUT2D eigenvalue weighted by atomic mass is 79.9. The fourth-order valence-corrected chi connectivity index (χ4v) is 2.78. The second kappa shape index (κ2) is 6.73. The van der Waals surface area contributed by atoms with E-state index >= 15 is 0 Å². The second-order valence-electron chi connectivity index (χ2n) is 5.18. The summed E-state index contributed by atoms with van der Waals surface area (Å²) in [6.07, 6.45) is 1.64. The van der Waals surface area contributed by atoms with Crippen LogP contribution in [-0.2, 0) is 6.54 Å². The van der Waals surface area contributed by atoms with E-state index in [4.69, 9.17) is 11.6 Å². The minimum Gasteiger partial charge on any atom is -0.308 e. The molecule has 0 aliphatic rings.